The highest BCUT2D eigenvalue weighted by Crippen LogP contribution is 2.56. The van der Waals surface area contributed by atoms with Crippen LogP contribution in [0.4, 0.5) is 0 Å². The summed E-state index contributed by atoms with van der Waals surface area (Å²) in [5.41, 5.74) is 5.55. The molecule has 0 fully saturated rings. The molecule has 1 heterocycles. The molecule has 0 saturated carbocycles. The average molecular weight is 649 g/mol. The third-order valence-corrected chi connectivity index (χ3v) is 15.4. The van der Waals surface area contributed by atoms with Gasteiger partial charge in [0.2, 0.25) is 0 Å². The lowest BCUT2D eigenvalue weighted by atomic mass is 9.61. The summed E-state index contributed by atoms with van der Waals surface area (Å²) in [5, 5.41) is 34.5. The summed E-state index contributed by atoms with van der Waals surface area (Å²) in [7, 11) is -2.20. The van der Waals surface area contributed by atoms with Crippen molar-refractivity contribution in [1.82, 2.24) is 0 Å². The third kappa shape index (κ3) is 3.84. The van der Waals surface area contributed by atoms with E-state index in [-0.39, 0.29) is 5.92 Å². The van der Waals surface area contributed by atoms with Gasteiger partial charge in [-0.2, -0.15) is 0 Å². The number of allylic oxidation sites excluding steroid dienone is 7. The molecule has 6 aromatic carbocycles. The quantitative estimate of drug-likeness (QED) is 0.185. The number of hydrogen-bond donors (Lipinski definition) is 2. The van der Waals surface area contributed by atoms with Crippen LogP contribution in [-0.2, 0) is 11.2 Å². The van der Waals surface area contributed by atoms with Crippen LogP contribution in [0.2, 0.25) is 13.1 Å². The van der Waals surface area contributed by atoms with Crippen LogP contribution in [0, 0.1) is 5.92 Å². The molecule has 2 N–H and O–H groups in total. The van der Waals surface area contributed by atoms with Crippen molar-refractivity contribution in [3.63, 3.8) is 0 Å². The van der Waals surface area contributed by atoms with Crippen molar-refractivity contribution in [2.75, 3.05) is 0 Å². The largest absolute Gasteiger partial charge is 0.376 e. The minimum absolute atomic E-state index is 0.193. The van der Waals surface area contributed by atoms with Crippen LogP contribution in [0.25, 0.3) is 32.7 Å². The minimum Gasteiger partial charge on any atom is -0.376 e. The SMILES string of the molecule is C[Si]1(C)c2cc3c(cc2-c2cc4ccccc4cc21)C(O)(C1=CC=C2C=CC=CC2C1)c1ccccc1C3(O)c1ccc2ccccc2c1. The van der Waals surface area contributed by atoms with Crippen LogP contribution in [-0.4, -0.2) is 18.3 Å². The maximum absolute atomic E-state index is 13.6. The first-order valence-corrected chi connectivity index (χ1v) is 20.3. The van der Waals surface area contributed by atoms with Gasteiger partial charge in [0.25, 0.3) is 0 Å². The summed E-state index contributed by atoms with van der Waals surface area (Å²) < 4.78 is 0. The zero-order valence-corrected chi connectivity index (χ0v) is 28.6. The zero-order valence-electron chi connectivity index (χ0n) is 27.6. The smallest absolute Gasteiger partial charge is 0.141 e. The molecule has 6 aromatic rings. The Morgan fingerprint density at radius 2 is 1.18 bits per heavy atom. The van der Waals surface area contributed by atoms with E-state index in [4.69, 9.17) is 0 Å². The summed E-state index contributed by atoms with van der Waals surface area (Å²) in [6.45, 7) is 4.85. The first-order chi connectivity index (χ1) is 23.8. The highest BCUT2D eigenvalue weighted by Gasteiger charge is 2.53. The predicted molar refractivity (Wildman–Crippen MR) is 204 cm³/mol. The molecule has 0 spiro atoms. The number of fused-ring (bicyclic) bond motifs is 8. The molecule has 0 bridgehead atoms. The maximum Gasteiger partial charge on any atom is 0.141 e. The van der Waals surface area contributed by atoms with Gasteiger partial charge < -0.3 is 10.2 Å². The second-order valence-corrected chi connectivity index (χ2v) is 19.1. The topological polar surface area (TPSA) is 40.5 Å². The lowest BCUT2D eigenvalue weighted by Gasteiger charge is -2.47. The van der Waals surface area contributed by atoms with Crippen LogP contribution in [0.1, 0.15) is 34.2 Å². The standard InChI is InChI=1S/C46H36O2Si/c1-49(2)43-26-34-16-8-7-15-33(34)25-37(43)38-27-41-42(28-44(38)49)46(48,36-22-20-30-12-4-6-14-32(30)24-36)40-18-10-9-17-39(40)45(41,47)35-21-19-29-11-3-5-13-31(29)23-35/h3-22,24-28,31,47-48H,23H2,1-2H3. The van der Waals surface area contributed by atoms with Crippen LogP contribution >= 0.6 is 0 Å². The lowest BCUT2D eigenvalue weighted by molar-refractivity contribution is 0.0698. The van der Waals surface area contributed by atoms with Gasteiger partial charge in [0.05, 0.1) is 0 Å². The van der Waals surface area contributed by atoms with Crippen molar-refractivity contribution in [2.45, 2.75) is 30.7 Å². The summed E-state index contributed by atoms with van der Waals surface area (Å²) in [6.07, 6.45) is 13.6. The van der Waals surface area contributed by atoms with Crippen LogP contribution in [0.15, 0.2) is 163 Å². The first kappa shape index (κ1) is 28.9. The van der Waals surface area contributed by atoms with Crippen molar-refractivity contribution in [3.05, 3.63) is 191 Å². The van der Waals surface area contributed by atoms with Crippen molar-refractivity contribution >= 4 is 40.0 Å². The van der Waals surface area contributed by atoms with Gasteiger partial charge in [0.1, 0.15) is 19.3 Å². The Bertz CT molecular complexity index is 2550. The fourth-order valence-electron chi connectivity index (χ4n) is 9.27. The summed E-state index contributed by atoms with van der Waals surface area (Å²) in [5.74, 6) is 0.193. The van der Waals surface area contributed by atoms with Gasteiger partial charge in [0, 0.05) is 5.92 Å². The number of hydrogen-bond acceptors (Lipinski definition) is 2. The zero-order chi connectivity index (χ0) is 33.1. The highest BCUT2D eigenvalue weighted by molar-refractivity contribution is 7.04. The molecule has 4 aliphatic rings. The molecule has 3 aliphatic carbocycles. The Labute approximate surface area is 287 Å². The van der Waals surface area contributed by atoms with E-state index in [0.717, 1.165) is 44.2 Å². The molecule has 0 aromatic heterocycles. The van der Waals surface area contributed by atoms with E-state index >= 15 is 0 Å². The van der Waals surface area contributed by atoms with E-state index in [0.29, 0.717) is 6.42 Å². The normalized spacial score (nSPS) is 24.0. The number of aliphatic hydroxyl groups is 2. The van der Waals surface area contributed by atoms with Crippen molar-refractivity contribution in [3.8, 4) is 11.1 Å². The van der Waals surface area contributed by atoms with Gasteiger partial charge in [0.15, 0.2) is 0 Å². The van der Waals surface area contributed by atoms with Gasteiger partial charge in [-0.15, -0.1) is 0 Å². The van der Waals surface area contributed by atoms with E-state index in [1.165, 1.54) is 37.8 Å². The first-order valence-electron chi connectivity index (χ1n) is 17.3. The van der Waals surface area contributed by atoms with Crippen LogP contribution < -0.4 is 10.4 Å². The molecule has 236 valence electrons. The average Bonchev–Trinajstić information content (AvgIpc) is 3.36. The monoisotopic (exact) mass is 648 g/mol. The molecule has 0 radical (unpaired) electrons. The van der Waals surface area contributed by atoms with E-state index in [2.05, 4.69) is 128 Å². The Balaban J connectivity index is 1.31. The molecule has 3 heteroatoms. The molecule has 3 unspecified atom stereocenters. The maximum atomic E-state index is 13.6. The molecule has 10 rings (SSSR count). The highest BCUT2D eigenvalue weighted by atomic mass is 28.3. The van der Waals surface area contributed by atoms with E-state index in [1.807, 2.05) is 36.4 Å². The second kappa shape index (κ2) is 9.99. The molecule has 2 nitrogen and oxygen atoms in total. The van der Waals surface area contributed by atoms with Crippen molar-refractivity contribution in [1.29, 1.82) is 0 Å². The molecule has 0 saturated heterocycles. The fourth-order valence-corrected chi connectivity index (χ4v) is 12.3. The molecular formula is C46H36O2Si. The lowest BCUT2D eigenvalue weighted by Crippen LogP contribution is -2.51. The Hall–Kier alpha value is -5.06. The Kier molecular flexibility index (Phi) is 5.89. The van der Waals surface area contributed by atoms with Crippen LogP contribution in [0.5, 0.6) is 0 Å². The number of rotatable bonds is 2. The number of benzene rings is 6. The van der Waals surface area contributed by atoms with E-state index in [1.54, 1.807) is 0 Å². The molecular weight excluding hydrogens is 613 g/mol. The predicted octanol–water partition coefficient (Wildman–Crippen LogP) is 8.63. The van der Waals surface area contributed by atoms with E-state index in [9.17, 15) is 10.2 Å². The molecule has 1 aliphatic heterocycles. The van der Waals surface area contributed by atoms with Gasteiger partial charge in [-0.3, -0.25) is 0 Å². The molecule has 3 atom stereocenters. The Morgan fingerprint density at radius 1 is 0.571 bits per heavy atom. The van der Waals surface area contributed by atoms with Crippen LogP contribution in [0.3, 0.4) is 0 Å². The van der Waals surface area contributed by atoms with Gasteiger partial charge in [-0.05, 0) is 107 Å². The van der Waals surface area contributed by atoms with Gasteiger partial charge >= 0.3 is 0 Å². The molecule has 49 heavy (non-hydrogen) atoms. The van der Waals surface area contributed by atoms with Gasteiger partial charge in [-0.25, -0.2) is 0 Å². The summed E-state index contributed by atoms with van der Waals surface area (Å²) in [6, 6.07) is 40.5. The van der Waals surface area contributed by atoms with Gasteiger partial charge in [-0.1, -0.05) is 147 Å². The third-order valence-electron chi connectivity index (χ3n) is 11.9. The minimum atomic E-state index is -2.20. The molecule has 0 amide bonds. The van der Waals surface area contributed by atoms with Crippen molar-refractivity contribution in [2.24, 2.45) is 5.92 Å². The van der Waals surface area contributed by atoms with Crippen molar-refractivity contribution < 1.29 is 10.2 Å². The summed E-state index contributed by atoms with van der Waals surface area (Å²) >= 11 is 0. The fraction of sp³-hybridized carbons (Fsp3) is 0.130. The Morgan fingerprint density at radius 3 is 1.96 bits per heavy atom. The van der Waals surface area contributed by atoms with E-state index < -0.39 is 19.3 Å². The second-order valence-electron chi connectivity index (χ2n) is 14.8. The summed E-state index contributed by atoms with van der Waals surface area (Å²) in [4.78, 5) is 0.